The number of para-hydroxylation sites is 2. The van der Waals surface area contributed by atoms with Crippen LogP contribution in [0.5, 0.6) is 0 Å². The monoisotopic (exact) mass is 313 g/mol. The molecule has 0 saturated carbocycles. The summed E-state index contributed by atoms with van der Waals surface area (Å²) in [4.78, 5) is 4.79. The lowest BCUT2D eigenvalue weighted by molar-refractivity contribution is 0.835. The number of nitrogens with zero attached hydrogens (tertiary/aromatic N) is 2. The Kier molecular flexibility index (Phi) is 3.75. The third-order valence-electron chi connectivity index (χ3n) is 4.11. The summed E-state index contributed by atoms with van der Waals surface area (Å²) < 4.78 is 2.23. The first-order valence-electron chi connectivity index (χ1n) is 8.12. The van der Waals surface area contributed by atoms with Crippen LogP contribution in [0.15, 0.2) is 78.9 Å². The zero-order chi connectivity index (χ0) is 16.4. The average Bonchev–Trinajstić information content (AvgIpc) is 2.93. The molecule has 0 aliphatic carbocycles. The Bertz CT molecular complexity index is 971. The second-order valence-electron chi connectivity index (χ2n) is 5.99. The van der Waals surface area contributed by atoms with Crippen molar-refractivity contribution in [2.24, 2.45) is 0 Å². The van der Waals surface area contributed by atoms with Gasteiger partial charge in [-0.1, -0.05) is 54.6 Å². The maximum atomic E-state index is 4.79. The smallest absolute Gasteiger partial charge is 0.208 e. The number of aryl methyl sites for hydroxylation is 1. The van der Waals surface area contributed by atoms with E-state index in [-0.39, 0.29) is 0 Å². The molecule has 0 aliphatic rings. The molecule has 0 spiro atoms. The summed E-state index contributed by atoms with van der Waals surface area (Å²) >= 11 is 0. The van der Waals surface area contributed by atoms with Gasteiger partial charge >= 0.3 is 0 Å². The number of benzene rings is 3. The number of anilines is 2. The zero-order valence-electron chi connectivity index (χ0n) is 13.6. The van der Waals surface area contributed by atoms with E-state index < -0.39 is 0 Å². The van der Waals surface area contributed by atoms with Gasteiger partial charge in [0.15, 0.2) is 0 Å². The van der Waals surface area contributed by atoms with E-state index in [0.29, 0.717) is 0 Å². The molecule has 118 valence electrons. The molecule has 0 fully saturated rings. The molecule has 4 rings (SSSR count). The lowest BCUT2D eigenvalue weighted by atomic mass is 10.2. The normalized spacial score (nSPS) is 10.9. The Morgan fingerprint density at radius 1 is 0.875 bits per heavy atom. The first-order valence-corrected chi connectivity index (χ1v) is 8.12. The number of aromatic nitrogens is 2. The summed E-state index contributed by atoms with van der Waals surface area (Å²) in [7, 11) is 0. The van der Waals surface area contributed by atoms with Gasteiger partial charge in [0, 0.05) is 5.69 Å². The van der Waals surface area contributed by atoms with Gasteiger partial charge in [-0.2, -0.15) is 0 Å². The molecule has 0 saturated heterocycles. The summed E-state index contributed by atoms with van der Waals surface area (Å²) in [5.74, 6) is 0.866. The predicted octanol–water partition coefficient (Wildman–Crippen LogP) is 5.14. The van der Waals surface area contributed by atoms with Crippen molar-refractivity contribution in [2.45, 2.75) is 13.5 Å². The maximum Gasteiger partial charge on any atom is 0.208 e. The Balaban J connectivity index is 1.78. The molecule has 0 aliphatic heterocycles. The number of imidazole rings is 1. The summed E-state index contributed by atoms with van der Waals surface area (Å²) in [6.07, 6.45) is 0. The Morgan fingerprint density at radius 2 is 1.67 bits per heavy atom. The van der Waals surface area contributed by atoms with Crippen LogP contribution in [0.2, 0.25) is 0 Å². The highest BCUT2D eigenvalue weighted by molar-refractivity contribution is 5.79. The summed E-state index contributed by atoms with van der Waals surface area (Å²) in [6, 6.07) is 27.1. The van der Waals surface area contributed by atoms with E-state index in [1.807, 2.05) is 12.1 Å². The van der Waals surface area contributed by atoms with Crippen LogP contribution in [-0.2, 0) is 6.54 Å². The van der Waals surface area contributed by atoms with Crippen LogP contribution in [-0.4, -0.2) is 9.55 Å². The lowest BCUT2D eigenvalue weighted by Gasteiger charge is -2.11. The van der Waals surface area contributed by atoms with E-state index >= 15 is 0 Å². The molecule has 0 bridgehead atoms. The van der Waals surface area contributed by atoms with Crippen molar-refractivity contribution < 1.29 is 0 Å². The van der Waals surface area contributed by atoms with Crippen molar-refractivity contribution in [1.82, 2.24) is 9.55 Å². The third-order valence-corrected chi connectivity index (χ3v) is 4.11. The van der Waals surface area contributed by atoms with E-state index in [1.54, 1.807) is 0 Å². The van der Waals surface area contributed by atoms with Crippen molar-refractivity contribution >= 4 is 22.7 Å². The quantitative estimate of drug-likeness (QED) is 0.565. The highest BCUT2D eigenvalue weighted by Gasteiger charge is 2.11. The molecule has 3 aromatic carbocycles. The zero-order valence-corrected chi connectivity index (χ0v) is 13.6. The van der Waals surface area contributed by atoms with Gasteiger partial charge in [-0.15, -0.1) is 0 Å². The van der Waals surface area contributed by atoms with Crippen molar-refractivity contribution in [3.8, 4) is 0 Å². The third kappa shape index (κ3) is 2.88. The van der Waals surface area contributed by atoms with Gasteiger partial charge in [0.2, 0.25) is 5.95 Å². The van der Waals surface area contributed by atoms with Crippen molar-refractivity contribution in [3.63, 3.8) is 0 Å². The molecule has 1 aromatic heterocycles. The van der Waals surface area contributed by atoms with Crippen LogP contribution in [0.4, 0.5) is 11.6 Å². The average molecular weight is 313 g/mol. The van der Waals surface area contributed by atoms with Gasteiger partial charge in [-0.3, -0.25) is 0 Å². The molecule has 3 nitrogen and oxygen atoms in total. The molecule has 0 atom stereocenters. The van der Waals surface area contributed by atoms with Crippen molar-refractivity contribution in [1.29, 1.82) is 0 Å². The fraction of sp³-hybridized carbons (Fsp3) is 0.0952. The topological polar surface area (TPSA) is 29.9 Å². The van der Waals surface area contributed by atoms with E-state index in [2.05, 4.69) is 83.5 Å². The van der Waals surface area contributed by atoms with Crippen LogP contribution in [0.1, 0.15) is 11.1 Å². The Morgan fingerprint density at radius 3 is 2.50 bits per heavy atom. The number of fused-ring (bicyclic) bond motifs is 1. The Labute approximate surface area is 141 Å². The molecule has 0 unspecified atom stereocenters. The highest BCUT2D eigenvalue weighted by Crippen LogP contribution is 2.24. The van der Waals surface area contributed by atoms with Crippen LogP contribution < -0.4 is 5.32 Å². The van der Waals surface area contributed by atoms with Gasteiger partial charge in [-0.05, 0) is 42.3 Å². The highest BCUT2D eigenvalue weighted by atomic mass is 15.2. The van der Waals surface area contributed by atoms with E-state index in [9.17, 15) is 0 Å². The largest absolute Gasteiger partial charge is 0.326 e. The van der Waals surface area contributed by atoms with Gasteiger partial charge in [-0.25, -0.2) is 4.98 Å². The molecular weight excluding hydrogens is 294 g/mol. The standard InChI is InChI=1S/C21H19N3/c1-16-8-7-11-18(14-16)22-21-23-19-12-5-6-13-20(19)24(21)15-17-9-3-2-4-10-17/h2-14H,15H2,1H3,(H,22,23). The SMILES string of the molecule is Cc1cccc(Nc2nc3ccccc3n2Cc2ccccc2)c1. The van der Waals surface area contributed by atoms with E-state index in [1.165, 1.54) is 11.1 Å². The molecule has 0 radical (unpaired) electrons. The first-order chi connectivity index (χ1) is 11.8. The number of hydrogen-bond acceptors (Lipinski definition) is 2. The first kappa shape index (κ1) is 14.5. The van der Waals surface area contributed by atoms with Crippen LogP contribution in [0.25, 0.3) is 11.0 Å². The molecule has 4 aromatic rings. The molecule has 1 heterocycles. The fourth-order valence-corrected chi connectivity index (χ4v) is 2.95. The number of nitrogens with one attached hydrogen (secondary N) is 1. The number of hydrogen-bond donors (Lipinski definition) is 1. The van der Waals surface area contributed by atoms with Crippen LogP contribution in [0.3, 0.4) is 0 Å². The summed E-state index contributed by atoms with van der Waals surface area (Å²) in [6.45, 7) is 2.88. The van der Waals surface area contributed by atoms with Gasteiger partial charge in [0.25, 0.3) is 0 Å². The van der Waals surface area contributed by atoms with E-state index in [4.69, 9.17) is 4.98 Å². The van der Waals surface area contributed by atoms with Crippen molar-refractivity contribution in [3.05, 3.63) is 90.0 Å². The predicted molar refractivity (Wildman–Crippen MR) is 99.7 cm³/mol. The molecule has 1 N–H and O–H groups in total. The second-order valence-corrected chi connectivity index (χ2v) is 5.99. The molecular formula is C21H19N3. The van der Waals surface area contributed by atoms with E-state index in [0.717, 1.165) is 29.2 Å². The molecule has 0 amide bonds. The maximum absolute atomic E-state index is 4.79. The fourth-order valence-electron chi connectivity index (χ4n) is 2.95. The molecule has 24 heavy (non-hydrogen) atoms. The lowest BCUT2D eigenvalue weighted by Crippen LogP contribution is -2.05. The summed E-state index contributed by atoms with van der Waals surface area (Å²) in [5, 5.41) is 3.47. The number of rotatable bonds is 4. The van der Waals surface area contributed by atoms with Crippen LogP contribution >= 0.6 is 0 Å². The summed E-state index contributed by atoms with van der Waals surface area (Å²) in [5.41, 5.74) is 5.68. The molecule has 3 heteroatoms. The minimum atomic E-state index is 0.787. The Hall–Kier alpha value is -3.07. The minimum absolute atomic E-state index is 0.787. The van der Waals surface area contributed by atoms with Gasteiger partial charge < -0.3 is 9.88 Å². The van der Waals surface area contributed by atoms with Gasteiger partial charge in [0.1, 0.15) is 0 Å². The van der Waals surface area contributed by atoms with Crippen molar-refractivity contribution in [2.75, 3.05) is 5.32 Å². The van der Waals surface area contributed by atoms with Crippen LogP contribution in [0, 0.1) is 6.92 Å². The minimum Gasteiger partial charge on any atom is -0.326 e. The second kappa shape index (κ2) is 6.20. The van der Waals surface area contributed by atoms with Gasteiger partial charge in [0.05, 0.1) is 17.6 Å².